The molecule has 1 aliphatic heterocycles. The average Bonchev–Trinajstić information content (AvgIpc) is 3.32. The van der Waals surface area contributed by atoms with Gasteiger partial charge in [0.25, 0.3) is 0 Å². The number of carbonyl (C=O) groups is 3. The first kappa shape index (κ1) is 17.4. The average molecular weight is 380 g/mol. The summed E-state index contributed by atoms with van der Waals surface area (Å²) in [5, 5.41) is 9.68. The molecule has 1 unspecified atom stereocenters. The summed E-state index contributed by atoms with van der Waals surface area (Å²) >= 11 is 1.42. The lowest BCUT2D eigenvalue weighted by atomic mass is 9.97. The largest absolute Gasteiger partial charge is 0.478 e. The lowest BCUT2D eigenvalue weighted by Gasteiger charge is -2.24. The zero-order chi connectivity index (χ0) is 19.0. The minimum Gasteiger partial charge on any atom is -0.478 e. The van der Waals surface area contributed by atoms with Crippen molar-refractivity contribution in [3.8, 4) is 10.4 Å². The molecule has 1 N–H and O–H groups in total. The van der Waals surface area contributed by atoms with E-state index in [1.54, 1.807) is 53.4 Å². The van der Waals surface area contributed by atoms with E-state index in [1.807, 2.05) is 0 Å². The van der Waals surface area contributed by atoms with Gasteiger partial charge in [-0.2, -0.15) is 0 Å². The highest BCUT2D eigenvalue weighted by Gasteiger charge is 2.29. The smallest absolute Gasteiger partial charge is 0.335 e. The van der Waals surface area contributed by atoms with E-state index in [-0.39, 0.29) is 29.6 Å². The summed E-state index contributed by atoms with van der Waals surface area (Å²) in [6, 6.07) is 9.80. The summed E-state index contributed by atoms with van der Waals surface area (Å²) in [5.74, 6) is -0.847. The molecule has 0 radical (unpaired) electrons. The van der Waals surface area contributed by atoms with Crippen molar-refractivity contribution in [2.24, 2.45) is 0 Å². The summed E-state index contributed by atoms with van der Waals surface area (Å²) in [6.45, 7) is 0. The molecule has 0 saturated heterocycles. The second-order valence-electron chi connectivity index (χ2n) is 6.42. The van der Waals surface area contributed by atoms with Crippen LogP contribution in [0.25, 0.3) is 10.4 Å². The Kier molecular flexibility index (Phi) is 4.45. The predicted octanol–water partition coefficient (Wildman–Crippen LogP) is 3.64. The van der Waals surface area contributed by atoms with E-state index in [1.165, 1.54) is 11.3 Å². The number of thiazole rings is 1. The molecule has 0 bridgehead atoms. The Labute approximate surface area is 159 Å². The molecule has 0 spiro atoms. The molecule has 3 heterocycles. The van der Waals surface area contributed by atoms with Crippen LogP contribution in [0.3, 0.4) is 0 Å². The van der Waals surface area contributed by atoms with Gasteiger partial charge >= 0.3 is 5.97 Å². The Bertz CT molecular complexity index is 1030. The third kappa shape index (κ3) is 3.33. The molecule has 0 fully saturated rings. The number of nitrogens with zero attached hydrogens (tertiary/aromatic N) is 2. The molecule has 2 aromatic heterocycles. The number of ketones is 2. The fourth-order valence-corrected chi connectivity index (χ4v) is 4.26. The van der Waals surface area contributed by atoms with Crippen LogP contribution in [0.1, 0.15) is 44.7 Å². The Morgan fingerprint density at radius 3 is 2.74 bits per heavy atom. The predicted molar refractivity (Wildman–Crippen MR) is 100 cm³/mol. The molecule has 1 atom stereocenters. The fraction of sp³-hybridized carbons (Fsp3) is 0.200. The summed E-state index contributed by atoms with van der Waals surface area (Å²) in [6.07, 6.45) is 4.61. The molecule has 1 aromatic carbocycles. The van der Waals surface area contributed by atoms with Crippen molar-refractivity contribution in [3.63, 3.8) is 0 Å². The Morgan fingerprint density at radius 1 is 1.22 bits per heavy atom. The lowest BCUT2D eigenvalue weighted by Crippen LogP contribution is -2.28. The van der Waals surface area contributed by atoms with Crippen molar-refractivity contribution in [2.45, 2.75) is 25.3 Å². The van der Waals surface area contributed by atoms with E-state index >= 15 is 0 Å². The van der Waals surface area contributed by atoms with Gasteiger partial charge in [-0.15, -0.1) is 11.3 Å². The van der Waals surface area contributed by atoms with Crippen LogP contribution in [0.2, 0.25) is 0 Å². The molecular formula is C20H16N2O4S. The fourth-order valence-electron chi connectivity index (χ4n) is 3.32. The van der Waals surface area contributed by atoms with Crippen LogP contribution in [0.5, 0.6) is 0 Å². The third-order valence-corrected chi connectivity index (χ3v) is 5.76. The normalized spacial score (nSPS) is 16.1. The van der Waals surface area contributed by atoms with Gasteiger partial charge in [0.1, 0.15) is 5.01 Å². The number of aromatic nitrogens is 2. The Morgan fingerprint density at radius 2 is 2.00 bits per heavy atom. The van der Waals surface area contributed by atoms with E-state index in [4.69, 9.17) is 5.11 Å². The van der Waals surface area contributed by atoms with Crippen LogP contribution in [-0.4, -0.2) is 32.2 Å². The number of hydrogen-bond acceptors (Lipinski definition) is 5. The van der Waals surface area contributed by atoms with Gasteiger partial charge in [0, 0.05) is 18.8 Å². The molecular weight excluding hydrogens is 364 g/mol. The van der Waals surface area contributed by atoms with Crippen molar-refractivity contribution >= 4 is 28.9 Å². The molecule has 3 aromatic rings. The van der Waals surface area contributed by atoms with Crippen molar-refractivity contribution in [1.29, 1.82) is 0 Å². The van der Waals surface area contributed by atoms with Gasteiger partial charge in [-0.25, -0.2) is 9.78 Å². The van der Waals surface area contributed by atoms with E-state index in [2.05, 4.69) is 4.98 Å². The third-order valence-electron chi connectivity index (χ3n) is 4.71. The molecule has 27 heavy (non-hydrogen) atoms. The first-order valence-corrected chi connectivity index (χ1v) is 9.36. The standard InChI is InChI=1S/C20H16N2O4S/c23-16-8-7-15(22-9-1-2-14(16)22)17(24)10-19-21-11-18(27-19)12-3-5-13(6-4-12)20(25)26/h1-6,9,11,15H,7-8,10H2,(H,25,26). The van der Waals surface area contributed by atoms with Gasteiger partial charge in [0.2, 0.25) is 0 Å². The number of hydrogen-bond donors (Lipinski definition) is 1. The minimum atomic E-state index is -0.965. The molecule has 0 saturated carbocycles. The number of carbonyl (C=O) groups excluding carboxylic acids is 2. The maximum absolute atomic E-state index is 12.8. The monoisotopic (exact) mass is 380 g/mol. The topological polar surface area (TPSA) is 89.3 Å². The highest BCUT2D eigenvalue weighted by molar-refractivity contribution is 7.15. The summed E-state index contributed by atoms with van der Waals surface area (Å²) in [7, 11) is 0. The number of rotatable bonds is 5. The van der Waals surface area contributed by atoms with E-state index in [9.17, 15) is 14.4 Å². The van der Waals surface area contributed by atoms with Gasteiger partial charge in [0.05, 0.1) is 28.6 Å². The summed E-state index contributed by atoms with van der Waals surface area (Å²) in [5.41, 5.74) is 1.69. The van der Waals surface area contributed by atoms with Gasteiger partial charge in [-0.3, -0.25) is 9.59 Å². The maximum Gasteiger partial charge on any atom is 0.335 e. The highest BCUT2D eigenvalue weighted by Crippen LogP contribution is 2.30. The van der Waals surface area contributed by atoms with Crippen LogP contribution < -0.4 is 0 Å². The maximum atomic E-state index is 12.8. The van der Waals surface area contributed by atoms with E-state index in [0.29, 0.717) is 23.5 Å². The van der Waals surface area contributed by atoms with Crippen molar-refractivity contribution < 1.29 is 19.5 Å². The quantitative estimate of drug-likeness (QED) is 0.730. The SMILES string of the molecule is O=C(O)c1ccc(-c2cnc(CC(=O)C3CCC(=O)c4cccn43)s2)cc1. The molecule has 7 heteroatoms. The van der Waals surface area contributed by atoms with Gasteiger partial charge < -0.3 is 9.67 Å². The second-order valence-corrected chi connectivity index (χ2v) is 7.54. The van der Waals surface area contributed by atoms with Crippen LogP contribution in [-0.2, 0) is 11.2 Å². The number of fused-ring (bicyclic) bond motifs is 1. The molecule has 136 valence electrons. The van der Waals surface area contributed by atoms with Crippen molar-refractivity contribution in [1.82, 2.24) is 9.55 Å². The van der Waals surface area contributed by atoms with E-state index in [0.717, 1.165) is 10.4 Å². The minimum absolute atomic E-state index is 0.0436. The van der Waals surface area contributed by atoms with Crippen molar-refractivity contribution in [3.05, 3.63) is 65.1 Å². The molecule has 6 nitrogen and oxygen atoms in total. The van der Waals surface area contributed by atoms with Crippen LogP contribution in [0.15, 0.2) is 48.8 Å². The number of aromatic carboxylic acids is 1. The molecule has 4 rings (SSSR count). The van der Waals surface area contributed by atoms with Gasteiger partial charge in [-0.1, -0.05) is 12.1 Å². The number of Topliss-reactive ketones (excluding diaryl/α,β-unsaturated/α-hetero) is 2. The Balaban J connectivity index is 1.50. The molecule has 0 amide bonds. The summed E-state index contributed by atoms with van der Waals surface area (Å²) in [4.78, 5) is 40.9. The Hall–Kier alpha value is -3.06. The highest BCUT2D eigenvalue weighted by atomic mass is 32.1. The lowest BCUT2D eigenvalue weighted by molar-refractivity contribution is -0.121. The van der Waals surface area contributed by atoms with Crippen LogP contribution in [0.4, 0.5) is 0 Å². The van der Waals surface area contributed by atoms with Gasteiger partial charge in [0.15, 0.2) is 11.6 Å². The first-order valence-electron chi connectivity index (χ1n) is 8.54. The van der Waals surface area contributed by atoms with Crippen molar-refractivity contribution in [2.75, 3.05) is 0 Å². The number of carboxylic acids is 1. The zero-order valence-electron chi connectivity index (χ0n) is 14.3. The molecule has 1 aliphatic rings. The van der Waals surface area contributed by atoms with E-state index < -0.39 is 5.97 Å². The molecule has 0 aliphatic carbocycles. The zero-order valence-corrected chi connectivity index (χ0v) is 15.1. The van der Waals surface area contributed by atoms with Crippen LogP contribution >= 0.6 is 11.3 Å². The number of carboxylic acid groups (broad SMARTS) is 1. The van der Waals surface area contributed by atoms with Gasteiger partial charge in [-0.05, 0) is 36.2 Å². The summed E-state index contributed by atoms with van der Waals surface area (Å²) < 4.78 is 1.77. The van der Waals surface area contributed by atoms with Crippen LogP contribution in [0, 0.1) is 0 Å². The number of benzene rings is 1. The first-order chi connectivity index (χ1) is 13.0. The second kappa shape index (κ2) is 6.92.